The lowest BCUT2D eigenvalue weighted by Crippen LogP contribution is -2.43. The average Bonchev–Trinajstić information content (AvgIpc) is 3.21. The van der Waals surface area contributed by atoms with E-state index in [-0.39, 0.29) is 17.0 Å². The number of hydrogen-bond acceptors (Lipinski definition) is 6. The highest BCUT2D eigenvalue weighted by atomic mass is 16.5. The number of aryl methyl sites for hydroxylation is 2. The van der Waals surface area contributed by atoms with Gasteiger partial charge in [-0.25, -0.2) is 14.5 Å². The van der Waals surface area contributed by atoms with Gasteiger partial charge in [0.2, 0.25) is 5.76 Å². The monoisotopic (exact) mass is 389 g/mol. The zero-order valence-corrected chi connectivity index (χ0v) is 16.5. The highest BCUT2D eigenvalue weighted by Crippen LogP contribution is 2.41. The standard InChI is InChI=1S/C19H27N5O4/c1-14-16(28-13-20-14)17(25)22-8-5-19(6-9-22)4-3-15-21-24(11-12-27-2)18(26)23(15)10-7-19/h13H,3-12H2,1-2H3. The van der Waals surface area contributed by atoms with Gasteiger partial charge < -0.3 is 14.1 Å². The Hall–Kier alpha value is -2.42. The summed E-state index contributed by atoms with van der Waals surface area (Å²) in [6.07, 6.45) is 5.93. The first-order chi connectivity index (χ1) is 13.5. The topological polar surface area (TPSA) is 95.4 Å². The summed E-state index contributed by atoms with van der Waals surface area (Å²) in [5.41, 5.74) is 0.755. The molecule has 1 amide bonds. The van der Waals surface area contributed by atoms with Crippen molar-refractivity contribution in [2.24, 2.45) is 5.41 Å². The van der Waals surface area contributed by atoms with Gasteiger partial charge in [-0.1, -0.05) is 0 Å². The molecule has 0 aliphatic carbocycles. The van der Waals surface area contributed by atoms with Crippen molar-refractivity contribution < 1.29 is 13.9 Å². The van der Waals surface area contributed by atoms with Gasteiger partial charge in [-0.15, -0.1) is 0 Å². The van der Waals surface area contributed by atoms with Crippen molar-refractivity contribution in [2.45, 2.75) is 52.1 Å². The fraction of sp³-hybridized carbons (Fsp3) is 0.684. The minimum atomic E-state index is -0.0765. The smallest absolute Gasteiger partial charge is 0.345 e. The first kappa shape index (κ1) is 18.9. The van der Waals surface area contributed by atoms with Crippen molar-refractivity contribution in [3.63, 3.8) is 0 Å². The second-order valence-electron chi connectivity index (χ2n) is 7.88. The number of fused-ring (bicyclic) bond motifs is 1. The molecule has 4 rings (SSSR count). The van der Waals surface area contributed by atoms with Crippen molar-refractivity contribution in [3.8, 4) is 0 Å². The first-order valence-electron chi connectivity index (χ1n) is 9.88. The summed E-state index contributed by atoms with van der Waals surface area (Å²) >= 11 is 0. The van der Waals surface area contributed by atoms with Crippen LogP contribution < -0.4 is 5.69 Å². The summed E-state index contributed by atoms with van der Waals surface area (Å²) in [7, 11) is 1.62. The second kappa shape index (κ2) is 7.54. The van der Waals surface area contributed by atoms with Crippen LogP contribution in [0.25, 0.3) is 0 Å². The van der Waals surface area contributed by atoms with E-state index in [1.807, 2.05) is 9.47 Å². The number of aromatic nitrogens is 4. The quantitative estimate of drug-likeness (QED) is 0.781. The van der Waals surface area contributed by atoms with Crippen molar-refractivity contribution in [1.82, 2.24) is 24.2 Å². The number of piperidine rings is 1. The van der Waals surface area contributed by atoms with Crippen LogP contribution >= 0.6 is 0 Å². The molecule has 9 heteroatoms. The van der Waals surface area contributed by atoms with Gasteiger partial charge in [-0.2, -0.15) is 5.10 Å². The Balaban J connectivity index is 1.41. The maximum atomic E-state index is 12.7. The molecule has 1 fully saturated rings. The number of nitrogens with zero attached hydrogens (tertiary/aromatic N) is 5. The van der Waals surface area contributed by atoms with E-state index in [1.165, 1.54) is 11.1 Å². The number of amides is 1. The van der Waals surface area contributed by atoms with Crippen LogP contribution in [0.1, 0.15) is 47.8 Å². The average molecular weight is 389 g/mol. The lowest BCUT2D eigenvalue weighted by Gasteiger charge is -2.41. The predicted molar refractivity (Wildman–Crippen MR) is 100 cm³/mol. The molecule has 2 aliphatic rings. The first-order valence-corrected chi connectivity index (χ1v) is 9.88. The van der Waals surface area contributed by atoms with Crippen molar-refractivity contribution >= 4 is 5.91 Å². The van der Waals surface area contributed by atoms with Gasteiger partial charge >= 0.3 is 5.69 Å². The summed E-state index contributed by atoms with van der Waals surface area (Å²) in [6.45, 7) is 4.86. The number of carbonyl (C=O) groups is 1. The molecule has 9 nitrogen and oxygen atoms in total. The maximum absolute atomic E-state index is 12.7. The largest absolute Gasteiger partial charge is 0.438 e. The fourth-order valence-corrected chi connectivity index (χ4v) is 4.40. The lowest BCUT2D eigenvalue weighted by atomic mass is 9.72. The Morgan fingerprint density at radius 1 is 1.25 bits per heavy atom. The van der Waals surface area contributed by atoms with E-state index in [9.17, 15) is 9.59 Å². The van der Waals surface area contributed by atoms with Crippen LogP contribution in [0, 0.1) is 12.3 Å². The highest BCUT2D eigenvalue weighted by Gasteiger charge is 2.38. The van der Waals surface area contributed by atoms with Crippen LogP contribution in [-0.2, 0) is 24.2 Å². The number of likely N-dealkylation sites (tertiary alicyclic amines) is 1. The molecule has 2 aliphatic heterocycles. The number of rotatable bonds is 4. The normalized spacial score (nSPS) is 18.9. The van der Waals surface area contributed by atoms with E-state index in [4.69, 9.17) is 9.15 Å². The van der Waals surface area contributed by atoms with Crippen LogP contribution in [0.2, 0.25) is 0 Å². The summed E-state index contributed by atoms with van der Waals surface area (Å²) in [5, 5.41) is 4.52. The van der Waals surface area contributed by atoms with Gasteiger partial charge in [0.1, 0.15) is 5.82 Å². The van der Waals surface area contributed by atoms with Crippen LogP contribution in [0.4, 0.5) is 0 Å². The zero-order valence-electron chi connectivity index (χ0n) is 16.5. The highest BCUT2D eigenvalue weighted by molar-refractivity contribution is 5.92. The molecule has 152 valence electrons. The molecule has 0 bridgehead atoms. The Kier molecular flexibility index (Phi) is 5.09. The predicted octanol–water partition coefficient (Wildman–Crippen LogP) is 1.25. The van der Waals surface area contributed by atoms with Gasteiger partial charge in [-0.3, -0.25) is 9.36 Å². The molecule has 28 heavy (non-hydrogen) atoms. The Bertz CT molecular complexity index is 904. The Labute approximate surface area is 163 Å². The minimum absolute atomic E-state index is 0.0440. The minimum Gasteiger partial charge on any atom is -0.438 e. The summed E-state index contributed by atoms with van der Waals surface area (Å²) < 4.78 is 13.7. The summed E-state index contributed by atoms with van der Waals surface area (Å²) in [6, 6.07) is 0. The molecule has 0 aromatic carbocycles. The van der Waals surface area contributed by atoms with Crippen LogP contribution in [0.5, 0.6) is 0 Å². The van der Waals surface area contributed by atoms with Crippen LogP contribution in [0.15, 0.2) is 15.6 Å². The van der Waals surface area contributed by atoms with E-state index in [1.54, 1.807) is 14.0 Å². The molecule has 1 saturated heterocycles. The van der Waals surface area contributed by atoms with E-state index in [0.717, 1.165) is 37.9 Å². The molecule has 0 unspecified atom stereocenters. The summed E-state index contributed by atoms with van der Waals surface area (Å²) in [4.78, 5) is 31.1. The Morgan fingerprint density at radius 3 is 2.68 bits per heavy atom. The number of hydrogen-bond donors (Lipinski definition) is 0. The van der Waals surface area contributed by atoms with Gasteiger partial charge in [0, 0.05) is 33.2 Å². The van der Waals surface area contributed by atoms with Crippen LogP contribution in [-0.4, -0.2) is 56.9 Å². The van der Waals surface area contributed by atoms with E-state index in [0.29, 0.717) is 44.2 Å². The van der Waals surface area contributed by atoms with Gasteiger partial charge in [0.25, 0.3) is 5.91 Å². The van der Waals surface area contributed by atoms with Crippen LogP contribution in [0.3, 0.4) is 0 Å². The van der Waals surface area contributed by atoms with Crippen molar-refractivity contribution in [2.75, 3.05) is 26.8 Å². The molecule has 1 spiro atoms. The molecule has 0 N–H and O–H groups in total. The van der Waals surface area contributed by atoms with E-state index < -0.39 is 0 Å². The molecular formula is C19H27N5O4. The third-order valence-corrected chi connectivity index (χ3v) is 6.30. The van der Waals surface area contributed by atoms with E-state index >= 15 is 0 Å². The Morgan fingerprint density at radius 2 is 2.00 bits per heavy atom. The number of oxazole rings is 1. The number of carbonyl (C=O) groups excluding carboxylic acids is 1. The third kappa shape index (κ3) is 3.39. The molecule has 4 heterocycles. The zero-order chi connectivity index (χ0) is 19.7. The fourth-order valence-electron chi connectivity index (χ4n) is 4.40. The molecule has 0 saturated carbocycles. The van der Waals surface area contributed by atoms with Gasteiger partial charge in [-0.05, 0) is 38.0 Å². The summed E-state index contributed by atoms with van der Waals surface area (Å²) in [5.74, 6) is 1.13. The lowest BCUT2D eigenvalue weighted by molar-refractivity contribution is 0.0506. The SMILES string of the molecule is COCCn1nc2n(c1=O)CCC1(CC2)CCN(C(=O)c2ocnc2C)CC1. The molecule has 0 radical (unpaired) electrons. The molecular weight excluding hydrogens is 362 g/mol. The molecule has 2 aromatic heterocycles. The third-order valence-electron chi connectivity index (χ3n) is 6.30. The van der Waals surface area contributed by atoms with Crippen molar-refractivity contribution in [3.05, 3.63) is 34.2 Å². The molecule has 2 aromatic rings. The van der Waals surface area contributed by atoms with Crippen molar-refractivity contribution in [1.29, 1.82) is 0 Å². The van der Waals surface area contributed by atoms with E-state index in [2.05, 4.69) is 10.1 Å². The van der Waals surface area contributed by atoms with Gasteiger partial charge in [0.15, 0.2) is 6.39 Å². The number of ether oxygens (including phenoxy) is 1. The second-order valence-corrected chi connectivity index (χ2v) is 7.88. The molecule has 0 atom stereocenters. The van der Waals surface area contributed by atoms with Gasteiger partial charge in [0.05, 0.1) is 18.8 Å². The number of methoxy groups -OCH3 is 1. The maximum Gasteiger partial charge on any atom is 0.345 e.